The Kier molecular flexibility index (Phi) is 3.05. The Hall–Kier alpha value is -0.320. The molecule has 1 N–H and O–H groups in total. The Morgan fingerprint density at radius 2 is 2.24 bits per heavy atom. The van der Waals surface area contributed by atoms with Crippen molar-refractivity contribution in [2.75, 3.05) is 18.0 Å². The van der Waals surface area contributed by atoms with Crippen LogP contribution in [-0.2, 0) is 0 Å². The SMILES string of the molecule is OC1CCC2CN(c3ncc(Cl)cc3Br)CC12. The van der Waals surface area contributed by atoms with E-state index in [2.05, 4.69) is 25.8 Å². The molecular weight excluding hydrogens is 304 g/mol. The van der Waals surface area contributed by atoms with Gasteiger partial charge in [-0.2, -0.15) is 0 Å². The number of rotatable bonds is 1. The summed E-state index contributed by atoms with van der Waals surface area (Å²) in [5.41, 5.74) is 0. The minimum atomic E-state index is -0.129. The number of halogens is 2. The summed E-state index contributed by atoms with van der Waals surface area (Å²) in [7, 11) is 0. The molecule has 2 heterocycles. The average Bonchev–Trinajstić information content (AvgIpc) is 2.81. The molecule has 1 saturated carbocycles. The third-order valence-corrected chi connectivity index (χ3v) is 4.70. The van der Waals surface area contributed by atoms with Crippen molar-refractivity contribution >= 4 is 33.3 Å². The van der Waals surface area contributed by atoms with Gasteiger partial charge in [-0.15, -0.1) is 0 Å². The van der Waals surface area contributed by atoms with Gasteiger partial charge in [0.2, 0.25) is 0 Å². The molecule has 3 atom stereocenters. The first-order valence-electron chi connectivity index (χ1n) is 5.89. The van der Waals surface area contributed by atoms with Crippen molar-refractivity contribution in [1.82, 2.24) is 4.98 Å². The lowest BCUT2D eigenvalue weighted by atomic mass is 10.00. The van der Waals surface area contributed by atoms with Crippen LogP contribution in [0.4, 0.5) is 5.82 Å². The Labute approximate surface area is 114 Å². The maximum Gasteiger partial charge on any atom is 0.142 e. The minimum Gasteiger partial charge on any atom is -0.393 e. The first kappa shape index (κ1) is 11.8. The molecule has 0 radical (unpaired) electrons. The summed E-state index contributed by atoms with van der Waals surface area (Å²) in [5, 5.41) is 10.5. The Bertz CT molecular complexity index is 443. The van der Waals surface area contributed by atoms with E-state index in [1.807, 2.05) is 6.07 Å². The molecule has 0 amide bonds. The maximum atomic E-state index is 9.90. The zero-order valence-electron chi connectivity index (χ0n) is 9.31. The summed E-state index contributed by atoms with van der Waals surface area (Å²) < 4.78 is 0.930. The van der Waals surface area contributed by atoms with E-state index in [1.165, 1.54) is 0 Å². The highest BCUT2D eigenvalue weighted by atomic mass is 79.9. The molecule has 0 aromatic carbocycles. The second-order valence-corrected chi connectivity index (χ2v) is 6.22. The molecule has 1 aliphatic carbocycles. The van der Waals surface area contributed by atoms with Crippen LogP contribution in [-0.4, -0.2) is 29.3 Å². The van der Waals surface area contributed by atoms with E-state index in [4.69, 9.17) is 11.6 Å². The Morgan fingerprint density at radius 1 is 1.41 bits per heavy atom. The van der Waals surface area contributed by atoms with Crippen molar-refractivity contribution in [1.29, 1.82) is 0 Å². The number of nitrogens with zero attached hydrogens (tertiary/aromatic N) is 2. The molecule has 3 nitrogen and oxygen atoms in total. The Balaban J connectivity index is 1.83. The van der Waals surface area contributed by atoms with Crippen molar-refractivity contribution in [3.63, 3.8) is 0 Å². The van der Waals surface area contributed by atoms with Crippen molar-refractivity contribution in [3.8, 4) is 0 Å². The van der Waals surface area contributed by atoms with E-state index in [0.29, 0.717) is 16.9 Å². The number of aromatic nitrogens is 1. The van der Waals surface area contributed by atoms with Gasteiger partial charge in [0.1, 0.15) is 5.82 Å². The van der Waals surface area contributed by atoms with Crippen LogP contribution in [0.1, 0.15) is 12.8 Å². The molecule has 0 bridgehead atoms. The van der Waals surface area contributed by atoms with Crippen molar-refractivity contribution in [3.05, 3.63) is 21.8 Å². The number of anilines is 1. The lowest BCUT2D eigenvalue weighted by Crippen LogP contribution is -2.25. The summed E-state index contributed by atoms with van der Waals surface area (Å²) >= 11 is 9.39. The molecule has 1 aliphatic heterocycles. The van der Waals surface area contributed by atoms with Crippen LogP contribution in [0, 0.1) is 11.8 Å². The highest BCUT2D eigenvalue weighted by molar-refractivity contribution is 9.10. The summed E-state index contributed by atoms with van der Waals surface area (Å²) in [4.78, 5) is 6.63. The van der Waals surface area contributed by atoms with Crippen LogP contribution >= 0.6 is 27.5 Å². The first-order valence-corrected chi connectivity index (χ1v) is 7.06. The third kappa shape index (κ3) is 2.07. The number of fused-ring (bicyclic) bond motifs is 1. The smallest absolute Gasteiger partial charge is 0.142 e. The van der Waals surface area contributed by atoms with Crippen molar-refractivity contribution in [2.24, 2.45) is 11.8 Å². The number of pyridine rings is 1. The van der Waals surface area contributed by atoms with Gasteiger partial charge in [-0.1, -0.05) is 11.6 Å². The van der Waals surface area contributed by atoms with E-state index in [0.717, 1.165) is 36.2 Å². The largest absolute Gasteiger partial charge is 0.393 e. The van der Waals surface area contributed by atoms with Crippen LogP contribution in [0.2, 0.25) is 5.02 Å². The van der Waals surface area contributed by atoms with E-state index in [1.54, 1.807) is 6.20 Å². The van der Waals surface area contributed by atoms with Crippen LogP contribution in [0.25, 0.3) is 0 Å². The lowest BCUT2D eigenvalue weighted by molar-refractivity contribution is 0.133. The number of hydrogen-bond acceptors (Lipinski definition) is 3. The van der Waals surface area contributed by atoms with Gasteiger partial charge in [-0.05, 0) is 40.8 Å². The fraction of sp³-hybridized carbons (Fsp3) is 0.583. The molecular formula is C12H14BrClN2O. The fourth-order valence-corrected chi connectivity index (χ4v) is 3.94. The quantitative estimate of drug-likeness (QED) is 0.865. The summed E-state index contributed by atoms with van der Waals surface area (Å²) in [6.45, 7) is 1.90. The standard InChI is InChI=1S/C12H14BrClN2O/c13-10-3-8(14)4-15-12(10)16-5-7-1-2-11(17)9(7)6-16/h3-4,7,9,11,17H,1-2,5-6H2. The molecule has 1 aromatic heterocycles. The van der Waals surface area contributed by atoms with E-state index < -0.39 is 0 Å². The van der Waals surface area contributed by atoms with Gasteiger partial charge in [0.05, 0.1) is 15.6 Å². The highest BCUT2D eigenvalue weighted by Crippen LogP contribution is 2.41. The van der Waals surface area contributed by atoms with Gasteiger partial charge >= 0.3 is 0 Å². The van der Waals surface area contributed by atoms with E-state index >= 15 is 0 Å². The maximum absolute atomic E-state index is 9.90. The molecule has 0 spiro atoms. The van der Waals surface area contributed by atoms with Gasteiger partial charge in [-0.3, -0.25) is 0 Å². The first-order chi connectivity index (χ1) is 8.15. The minimum absolute atomic E-state index is 0.129. The van der Waals surface area contributed by atoms with Gasteiger partial charge in [0.15, 0.2) is 0 Å². The van der Waals surface area contributed by atoms with E-state index in [9.17, 15) is 5.11 Å². The van der Waals surface area contributed by atoms with Crippen molar-refractivity contribution in [2.45, 2.75) is 18.9 Å². The summed E-state index contributed by atoms with van der Waals surface area (Å²) in [5.74, 6) is 1.98. The van der Waals surface area contributed by atoms with Gasteiger partial charge in [0, 0.05) is 25.2 Å². The zero-order valence-corrected chi connectivity index (χ0v) is 11.7. The molecule has 3 unspecified atom stereocenters. The van der Waals surface area contributed by atoms with Crippen LogP contribution in [0.5, 0.6) is 0 Å². The molecule has 17 heavy (non-hydrogen) atoms. The number of aliphatic hydroxyl groups is 1. The Morgan fingerprint density at radius 3 is 2.94 bits per heavy atom. The normalized spacial score (nSPS) is 31.9. The predicted molar refractivity (Wildman–Crippen MR) is 71.4 cm³/mol. The monoisotopic (exact) mass is 316 g/mol. The van der Waals surface area contributed by atoms with Crippen LogP contribution in [0.15, 0.2) is 16.7 Å². The molecule has 2 fully saturated rings. The van der Waals surface area contributed by atoms with Gasteiger partial charge in [-0.25, -0.2) is 4.98 Å². The second-order valence-electron chi connectivity index (χ2n) is 4.93. The van der Waals surface area contributed by atoms with Gasteiger partial charge < -0.3 is 10.0 Å². The molecule has 5 heteroatoms. The molecule has 1 saturated heterocycles. The van der Waals surface area contributed by atoms with Gasteiger partial charge in [0.25, 0.3) is 0 Å². The zero-order chi connectivity index (χ0) is 12.0. The summed E-state index contributed by atoms with van der Waals surface area (Å²) in [6.07, 6.45) is 3.63. The molecule has 92 valence electrons. The van der Waals surface area contributed by atoms with Crippen molar-refractivity contribution < 1.29 is 5.11 Å². The third-order valence-electron chi connectivity index (χ3n) is 3.91. The average molecular weight is 318 g/mol. The molecule has 1 aromatic rings. The summed E-state index contributed by atoms with van der Waals surface area (Å²) in [6, 6.07) is 1.87. The second kappa shape index (κ2) is 4.41. The van der Waals surface area contributed by atoms with Crippen LogP contribution in [0.3, 0.4) is 0 Å². The fourth-order valence-electron chi connectivity index (χ4n) is 3.05. The van der Waals surface area contributed by atoms with Crippen LogP contribution < -0.4 is 4.90 Å². The predicted octanol–water partition coefficient (Wildman–Crippen LogP) is 2.70. The molecule has 2 aliphatic rings. The topological polar surface area (TPSA) is 36.4 Å². The molecule has 3 rings (SSSR count). The van der Waals surface area contributed by atoms with E-state index in [-0.39, 0.29) is 6.10 Å². The lowest BCUT2D eigenvalue weighted by Gasteiger charge is -2.20. The number of hydrogen-bond donors (Lipinski definition) is 1. The number of aliphatic hydroxyl groups excluding tert-OH is 1. The highest BCUT2D eigenvalue weighted by Gasteiger charge is 2.42.